The molecule has 0 saturated carbocycles. The lowest BCUT2D eigenvalue weighted by Crippen LogP contribution is -2.05. The highest BCUT2D eigenvalue weighted by Gasteiger charge is 2.06. The third-order valence-corrected chi connectivity index (χ3v) is 3.81. The van der Waals surface area contributed by atoms with Gasteiger partial charge < -0.3 is 5.32 Å². The monoisotopic (exact) mass is 292 g/mol. The number of aromatic nitrogens is 3. The summed E-state index contributed by atoms with van der Waals surface area (Å²) in [6, 6.07) is 8.50. The highest BCUT2D eigenvalue weighted by Crippen LogP contribution is 2.20. The number of hydrogen-bond donors (Lipinski definition) is 1. The van der Waals surface area contributed by atoms with Crippen molar-refractivity contribution in [2.75, 3.05) is 5.32 Å². The van der Waals surface area contributed by atoms with E-state index in [-0.39, 0.29) is 0 Å². The van der Waals surface area contributed by atoms with Crippen LogP contribution in [-0.4, -0.2) is 14.8 Å². The molecule has 2 aromatic heterocycles. The zero-order valence-corrected chi connectivity index (χ0v) is 13.2. The highest BCUT2D eigenvalue weighted by molar-refractivity contribution is 5.59. The van der Waals surface area contributed by atoms with Crippen LogP contribution in [0.2, 0.25) is 0 Å². The lowest BCUT2D eigenvalue weighted by atomic mass is 10.1. The van der Waals surface area contributed by atoms with Crippen molar-refractivity contribution in [3.63, 3.8) is 0 Å². The Kier molecular flexibility index (Phi) is 3.92. The van der Waals surface area contributed by atoms with Crippen LogP contribution in [0.4, 0.5) is 5.69 Å². The van der Waals surface area contributed by atoms with E-state index >= 15 is 0 Å². The Morgan fingerprint density at radius 2 is 1.91 bits per heavy atom. The zero-order chi connectivity index (χ0) is 15.5. The molecule has 0 saturated heterocycles. The molecule has 2 heterocycles. The molecule has 1 N–H and O–H groups in total. The van der Waals surface area contributed by atoms with Gasteiger partial charge in [0.1, 0.15) is 0 Å². The van der Waals surface area contributed by atoms with E-state index in [0.29, 0.717) is 0 Å². The molecule has 0 aliphatic heterocycles. The molecule has 4 heteroatoms. The van der Waals surface area contributed by atoms with Crippen molar-refractivity contribution in [2.45, 2.75) is 27.3 Å². The van der Waals surface area contributed by atoms with E-state index in [1.54, 1.807) is 6.20 Å². The maximum absolute atomic E-state index is 4.38. The summed E-state index contributed by atoms with van der Waals surface area (Å²) in [5.74, 6) is 0. The van der Waals surface area contributed by atoms with Gasteiger partial charge >= 0.3 is 0 Å². The maximum Gasteiger partial charge on any atom is 0.0908 e. The van der Waals surface area contributed by atoms with Gasteiger partial charge in [0.15, 0.2) is 0 Å². The van der Waals surface area contributed by atoms with Gasteiger partial charge in [-0.3, -0.25) is 4.98 Å². The molecule has 0 amide bonds. The van der Waals surface area contributed by atoms with Gasteiger partial charge in [-0.1, -0.05) is 18.2 Å². The van der Waals surface area contributed by atoms with E-state index in [1.807, 2.05) is 36.3 Å². The molecule has 3 rings (SSSR count). The van der Waals surface area contributed by atoms with Crippen LogP contribution in [-0.2, 0) is 6.54 Å². The summed E-state index contributed by atoms with van der Waals surface area (Å²) in [7, 11) is 0. The second-order valence-corrected chi connectivity index (χ2v) is 5.63. The van der Waals surface area contributed by atoms with E-state index in [9.17, 15) is 0 Å². The number of aryl methyl sites for hydroxylation is 3. The first-order valence-electron chi connectivity index (χ1n) is 7.39. The fourth-order valence-electron chi connectivity index (χ4n) is 2.38. The molecule has 0 aliphatic carbocycles. The van der Waals surface area contributed by atoms with Crippen molar-refractivity contribution in [2.24, 2.45) is 0 Å². The van der Waals surface area contributed by atoms with Crippen molar-refractivity contribution in [3.8, 4) is 5.69 Å². The predicted molar refractivity (Wildman–Crippen MR) is 89.3 cm³/mol. The second kappa shape index (κ2) is 6.02. The summed E-state index contributed by atoms with van der Waals surface area (Å²) in [4.78, 5) is 4.22. The minimum Gasteiger partial charge on any atom is -0.378 e. The molecule has 0 radical (unpaired) electrons. The normalized spacial score (nSPS) is 10.7. The van der Waals surface area contributed by atoms with Gasteiger partial charge in [-0.25, -0.2) is 4.68 Å². The van der Waals surface area contributed by atoms with Gasteiger partial charge in [0.25, 0.3) is 0 Å². The van der Waals surface area contributed by atoms with E-state index in [4.69, 9.17) is 0 Å². The number of pyridine rings is 1. The fourth-order valence-corrected chi connectivity index (χ4v) is 2.38. The van der Waals surface area contributed by atoms with E-state index in [2.05, 4.69) is 47.4 Å². The van der Waals surface area contributed by atoms with Gasteiger partial charge in [0, 0.05) is 18.9 Å². The molecule has 0 atom stereocenters. The van der Waals surface area contributed by atoms with Crippen molar-refractivity contribution >= 4 is 5.69 Å². The lowest BCUT2D eigenvalue weighted by Gasteiger charge is -2.12. The van der Waals surface area contributed by atoms with Crippen LogP contribution >= 0.6 is 0 Å². The SMILES string of the molecule is Cc1cnn(-c2ccncc2NCc2ccc(C)c(C)c2)c1. The minimum absolute atomic E-state index is 0.764. The topological polar surface area (TPSA) is 42.7 Å². The van der Waals surface area contributed by atoms with Crippen molar-refractivity contribution < 1.29 is 0 Å². The van der Waals surface area contributed by atoms with Gasteiger partial charge in [-0.2, -0.15) is 5.10 Å². The molecule has 1 aromatic carbocycles. The third-order valence-electron chi connectivity index (χ3n) is 3.81. The van der Waals surface area contributed by atoms with Gasteiger partial charge in [-0.15, -0.1) is 0 Å². The van der Waals surface area contributed by atoms with Crippen LogP contribution in [0.5, 0.6) is 0 Å². The van der Waals surface area contributed by atoms with E-state index in [0.717, 1.165) is 23.5 Å². The van der Waals surface area contributed by atoms with Gasteiger partial charge in [-0.05, 0) is 49.1 Å². The molecule has 22 heavy (non-hydrogen) atoms. The van der Waals surface area contributed by atoms with Crippen molar-refractivity contribution in [3.05, 3.63) is 71.3 Å². The molecule has 112 valence electrons. The molecule has 0 spiro atoms. The molecule has 0 bridgehead atoms. The fraction of sp³-hybridized carbons (Fsp3) is 0.222. The number of nitrogens with zero attached hydrogens (tertiary/aromatic N) is 3. The number of rotatable bonds is 4. The van der Waals surface area contributed by atoms with Crippen molar-refractivity contribution in [1.29, 1.82) is 0 Å². The molecule has 0 fully saturated rings. The maximum atomic E-state index is 4.38. The molecule has 0 aliphatic rings. The van der Waals surface area contributed by atoms with Gasteiger partial charge in [0.2, 0.25) is 0 Å². The largest absolute Gasteiger partial charge is 0.378 e. The third kappa shape index (κ3) is 3.01. The zero-order valence-electron chi connectivity index (χ0n) is 13.2. The van der Waals surface area contributed by atoms with E-state index in [1.165, 1.54) is 16.7 Å². The Hall–Kier alpha value is -2.62. The smallest absolute Gasteiger partial charge is 0.0908 e. The number of benzene rings is 1. The first kappa shape index (κ1) is 14.3. The predicted octanol–water partition coefficient (Wildman–Crippen LogP) is 3.80. The molecule has 3 aromatic rings. The highest BCUT2D eigenvalue weighted by atomic mass is 15.3. The van der Waals surface area contributed by atoms with Gasteiger partial charge in [0.05, 0.1) is 23.8 Å². The van der Waals surface area contributed by atoms with Crippen molar-refractivity contribution in [1.82, 2.24) is 14.8 Å². The first-order valence-corrected chi connectivity index (χ1v) is 7.39. The summed E-state index contributed by atoms with van der Waals surface area (Å²) in [5.41, 5.74) is 7.01. The minimum atomic E-state index is 0.764. The Balaban J connectivity index is 1.82. The average Bonchev–Trinajstić information content (AvgIpc) is 2.95. The number of anilines is 1. The molecule has 4 nitrogen and oxygen atoms in total. The standard InChI is InChI=1S/C18H20N4/c1-13-9-21-22(12-13)18-6-7-19-11-17(18)20-10-16-5-4-14(2)15(3)8-16/h4-9,11-12,20H,10H2,1-3H3. The average molecular weight is 292 g/mol. The lowest BCUT2D eigenvalue weighted by molar-refractivity contribution is 0.876. The van der Waals surface area contributed by atoms with E-state index < -0.39 is 0 Å². The second-order valence-electron chi connectivity index (χ2n) is 5.63. The molecule has 0 unspecified atom stereocenters. The molecular formula is C18H20N4. The quantitative estimate of drug-likeness (QED) is 0.795. The summed E-state index contributed by atoms with van der Waals surface area (Å²) in [6.45, 7) is 7.07. The first-order chi connectivity index (χ1) is 10.6. The number of hydrogen-bond acceptors (Lipinski definition) is 3. The summed E-state index contributed by atoms with van der Waals surface area (Å²) in [5, 5.41) is 7.84. The van der Waals surface area contributed by atoms with Crippen LogP contribution in [0, 0.1) is 20.8 Å². The van der Waals surface area contributed by atoms with Crippen LogP contribution in [0.15, 0.2) is 49.1 Å². The summed E-state index contributed by atoms with van der Waals surface area (Å²) in [6.07, 6.45) is 7.49. The van der Waals surface area contributed by atoms with Crippen LogP contribution in [0.1, 0.15) is 22.3 Å². The summed E-state index contributed by atoms with van der Waals surface area (Å²) < 4.78 is 1.87. The Morgan fingerprint density at radius 3 is 2.64 bits per heavy atom. The number of nitrogens with one attached hydrogen (secondary N) is 1. The van der Waals surface area contributed by atoms with Crippen LogP contribution in [0.3, 0.4) is 0 Å². The Morgan fingerprint density at radius 1 is 1.05 bits per heavy atom. The van der Waals surface area contributed by atoms with Crippen LogP contribution in [0.25, 0.3) is 5.69 Å². The Labute approximate surface area is 130 Å². The Bertz CT molecular complexity index is 789. The molecular weight excluding hydrogens is 272 g/mol. The van der Waals surface area contributed by atoms with Crippen LogP contribution < -0.4 is 5.32 Å². The summed E-state index contributed by atoms with van der Waals surface area (Å²) >= 11 is 0.